The van der Waals surface area contributed by atoms with Gasteiger partial charge in [0, 0.05) is 24.2 Å². The first kappa shape index (κ1) is 9.83. The van der Waals surface area contributed by atoms with E-state index in [1.807, 2.05) is 0 Å². The maximum atomic E-state index is 13.2. The summed E-state index contributed by atoms with van der Waals surface area (Å²) in [5.74, 6) is -1.30. The van der Waals surface area contributed by atoms with Gasteiger partial charge in [-0.05, 0) is 19.1 Å². The van der Waals surface area contributed by atoms with Gasteiger partial charge in [0.15, 0.2) is 0 Å². The maximum absolute atomic E-state index is 13.2. The van der Waals surface area contributed by atoms with Crippen LogP contribution in [-0.4, -0.2) is 18.2 Å². The van der Waals surface area contributed by atoms with Gasteiger partial charge in [-0.25, -0.2) is 4.39 Å². The van der Waals surface area contributed by atoms with Crippen LogP contribution in [-0.2, 0) is 9.59 Å². The summed E-state index contributed by atoms with van der Waals surface area (Å²) in [7, 11) is 0. The van der Waals surface area contributed by atoms with Crippen molar-refractivity contribution in [1.82, 2.24) is 0 Å². The van der Waals surface area contributed by atoms with Crippen molar-refractivity contribution < 1.29 is 14.0 Å². The second-order valence-corrected chi connectivity index (χ2v) is 3.51. The SMILES string of the molecule is Cc1c(F)cccc1N1CCC(=O)C1=O. The predicted octanol–water partition coefficient (Wildman–Crippen LogP) is 1.44. The van der Waals surface area contributed by atoms with E-state index in [1.54, 1.807) is 13.0 Å². The quantitative estimate of drug-likeness (QED) is 0.653. The Morgan fingerprint density at radius 2 is 2.07 bits per heavy atom. The number of benzene rings is 1. The molecule has 1 fully saturated rings. The second kappa shape index (κ2) is 3.46. The number of halogens is 1. The van der Waals surface area contributed by atoms with Gasteiger partial charge in [0.05, 0.1) is 0 Å². The van der Waals surface area contributed by atoms with Gasteiger partial charge >= 0.3 is 0 Å². The van der Waals surface area contributed by atoms with Gasteiger partial charge in [-0.15, -0.1) is 0 Å². The number of hydrogen-bond donors (Lipinski definition) is 0. The van der Waals surface area contributed by atoms with Crippen LogP contribution in [0.5, 0.6) is 0 Å². The lowest BCUT2D eigenvalue weighted by Crippen LogP contribution is -2.27. The van der Waals surface area contributed by atoms with Crippen LogP contribution < -0.4 is 4.90 Å². The van der Waals surface area contributed by atoms with Crippen molar-refractivity contribution in [3.8, 4) is 0 Å². The molecule has 2 rings (SSSR count). The molecule has 1 saturated heterocycles. The average Bonchev–Trinajstić information content (AvgIpc) is 2.53. The Kier molecular flexibility index (Phi) is 2.26. The molecule has 1 amide bonds. The van der Waals surface area contributed by atoms with Crippen LogP contribution >= 0.6 is 0 Å². The second-order valence-electron chi connectivity index (χ2n) is 3.51. The van der Waals surface area contributed by atoms with Crippen LogP contribution in [0.4, 0.5) is 10.1 Å². The lowest BCUT2D eigenvalue weighted by atomic mass is 10.2. The van der Waals surface area contributed by atoms with Gasteiger partial charge in [0.1, 0.15) is 5.82 Å². The van der Waals surface area contributed by atoms with E-state index in [0.29, 0.717) is 17.8 Å². The zero-order valence-electron chi connectivity index (χ0n) is 8.29. The number of anilines is 1. The minimum atomic E-state index is -0.538. The van der Waals surface area contributed by atoms with E-state index in [2.05, 4.69) is 0 Å². The number of nitrogens with zero attached hydrogens (tertiary/aromatic N) is 1. The van der Waals surface area contributed by atoms with Crippen LogP contribution in [0.1, 0.15) is 12.0 Å². The van der Waals surface area contributed by atoms with Crippen molar-refractivity contribution in [1.29, 1.82) is 0 Å². The molecule has 78 valence electrons. The van der Waals surface area contributed by atoms with Gasteiger partial charge in [0.2, 0.25) is 5.78 Å². The molecule has 0 saturated carbocycles. The molecule has 0 bridgehead atoms. The summed E-state index contributed by atoms with van der Waals surface area (Å²) in [5, 5.41) is 0. The third kappa shape index (κ3) is 1.52. The highest BCUT2D eigenvalue weighted by Gasteiger charge is 2.31. The predicted molar refractivity (Wildman–Crippen MR) is 53.1 cm³/mol. The van der Waals surface area contributed by atoms with E-state index in [1.165, 1.54) is 17.0 Å². The van der Waals surface area contributed by atoms with E-state index in [0.717, 1.165) is 0 Å². The topological polar surface area (TPSA) is 37.4 Å². The van der Waals surface area contributed by atoms with Crippen molar-refractivity contribution in [2.75, 3.05) is 11.4 Å². The number of amides is 1. The summed E-state index contributed by atoms with van der Waals surface area (Å²) < 4.78 is 13.2. The van der Waals surface area contributed by atoms with Gasteiger partial charge < -0.3 is 4.90 Å². The molecule has 1 aliphatic heterocycles. The standard InChI is InChI=1S/C11H10FNO2/c1-7-8(12)3-2-4-9(7)13-6-5-10(14)11(13)15/h2-4H,5-6H2,1H3. The first-order valence-electron chi connectivity index (χ1n) is 4.71. The summed E-state index contributed by atoms with van der Waals surface area (Å²) in [6, 6.07) is 4.52. The fraction of sp³-hybridized carbons (Fsp3) is 0.273. The third-order valence-corrected chi connectivity index (χ3v) is 2.58. The molecule has 3 nitrogen and oxygen atoms in total. The molecule has 1 aromatic rings. The molecule has 1 aromatic carbocycles. The molecular weight excluding hydrogens is 197 g/mol. The van der Waals surface area contributed by atoms with Crippen molar-refractivity contribution >= 4 is 17.4 Å². The lowest BCUT2D eigenvalue weighted by molar-refractivity contribution is -0.133. The molecule has 0 aliphatic carbocycles. The molecule has 0 unspecified atom stereocenters. The van der Waals surface area contributed by atoms with Crippen LogP contribution in [0.25, 0.3) is 0 Å². The van der Waals surface area contributed by atoms with Gasteiger partial charge in [-0.3, -0.25) is 9.59 Å². The first-order valence-corrected chi connectivity index (χ1v) is 4.71. The number of ketones is 1. The number of rotatable bonds is 1. The lowest BCUT2D eigenvalue weighted by Gasteiger charge is -2.17. The average molecular weight is 207 g/mol. The monoisotopic (exact) mass is 207 g/mol. The fourth-order valence-electron chi connectivity index (χ4n) is 1.69. The molecular formula is C11H10FNO2. The minimum absolute atomic E-state index is 0.217. The smallest absolute Gasteiger partial charge is 0.294 e. The van der Waals surface area contributed by atoms with Crippen molar-refractivity contribution in [3.05, 3.63) is 29.6 Å². The van der Waals surface area contributed by atoms with E-state index < -0.39 is 11.7 Å². The summed E-state index contributed by atoms with van der Waals surface area (Å²) >= 11 is 0. The molecule has 4 heteroatoms. The molecule has 0 radical (unpaired) electrons. The molecule has 0 aromatic heterocycles. The number of Topliss-reactive ketones (excluding diaryl/α,β-unsaturated/α-hetero) is 1. The fourth-order valence-corrected chi connectivity index (χ4v) is 1.69. The Labute approximate surface area is 86.5 Å². The van der Waals surface area contributed by atoms with Gasteiger partial charge in [0.25, 0.3) is 5.91 Å². The van der Waals surface area contributed by atoms with Gasteiger partial charge in [-0.2, -0.15) is 0 Å². The Bertz CT molecular complexity index is 442. The van der Waals surface area contributed by atoms with Crippen molar-refractivity contribution in [2.24, 2.45) is 0 Å². The summed E-state index contributed by atoms with van der Waals surface area (Å²) in [4.78, 5) is 23.8. The van der Waals surface area contributed by atoms with E-state index in [-0.39, 0.29) is 12.2 Å². The zero-order chi connectivity index (χ0) is 11.0. The zero-order valence-corrected chi connectivity index (χ0v) is 8.29. The Morgan fingerprint density at radius 1 is 1.33 bits per heavy atom. The molecule has 0 atom stereocenters. The van der Waals surface area contributed by atoms with Crippen LogP contribution in [0, 0.1) is 12.7 Å². The summed E-state index contributed by atoms with van der Waals surface area (Å²) in [6.45, 7) is 1.95. The Balaban J connectivity index is 2.43. The molecule has 1 heterocycles. The minimum Gasteiger partial charge on any atom is -0.305 e. The Hall–Kier alpha value is -1.71. The molecule has 0 spiro atoms. The first-order chi connectivity index (χ1) is 7.11. The van der Waals surface area contributed by atoms with E-state index in [9.17, 15) is 14.0 Å². The highest BCUT2D eigenvalue weighted by atomic mass is 19.1. The van der Waals surface area contributed by atoms with Crippen LogP contribution in [0.2, 0.25) is 0 Å². The van der Waals surface area contributed by atoms with Crippen molar-refractivity contribution in [2.45, 2.75) is 13.3 Å². The Morgan fingerprint density at radius 3 is 2.67 bits per heavy atom. The summed E-state index contributed by atoms with van der Waals surface area (Å²) in [5.41, 5.74) is 0.895. The number of carbonyl (C=O) groups excluding carboxylic acids is 2. The molecule has 0 N–H and O–H groups in total. The van der Waals surface area contributed by atoms with Crippen LogP contribution in [0.3, 0.4) is 0 Å². The normalized spacial score (nSPS) is 16.3. The van der Waals surface area contributed by atoms with Crippen molar-refractivity contribution in [3.63, 3.8) is 0 Å². The maximum Gasteiger partial charge on any atom is 0.294 e. The molecule has 1 aliphatic rings. The number of carbonyl (C=O) groups is 2. The highest BCUT2D eigenvalue weighted by Crippen LogP contribution is 2.25. The van der Waals surface area contributed by atoms with Crippen LogP contribution in [0.15, 0.2) is 18.2 Å². The van der Waals surface area contributed by atoms with Gasteiger partial charge in [-0.1, -0.05) is 6.07 Å². The number of hydrogen-bond acceptors (Lipinski definition) is 2. The molecule has 15 heavy (non-hydrogen) atoms. The largest absolute Gasteiger partial charge is 0.305 e. The van der Waals surface area contributed by atoms with E-state index >= 15 is 0 Å². The summed E-state index contributed by atoms with van der Waals surface area (Å²) in [6.07, 6.45) is 0.217. The highest BCUT2D eigenvalue weighted by molar-refractivity contribution is 6.43. The third-order valence-electron chi connectivity index (χ3n) is 2.58. The van der Waals surface area contributed by atoms with E-state index in [4.69, 9.17) is 0 Å².